The summed E-state index contributed by atoms with van der Waals surface area (Å²) in [5.74, 6) is 0. The number of pyridine rings is 1. The molecule has 2 heterocycles. The molecule has 0 amide bonds. The van der Waals surface area contributed by atoms with Gasteiger partial charge in [0.05, 0.1) is 12.1 Å². The summed E-state index contributed by atoms with van der Waals surface area (Å²) < 4.78 is 40.9. The number of rotatable bonds is 6. The lowest BCUT2D eigenvalue weighted by atomic mass is 10.2. The minimum absolute atomic E-state index is 0.541. The Kier molecular flexibility index (Phi) is 5.65. The molecule has 142 valence electrons. The Morgan fingerprint density at radius 2 is 1.85 bits per heavy atom. The van der Waals surface area contributed by atoms with Gasteiger partial charge in [-0.15, -0.1) is 0 Å². The Balaban J connectivity index is 1.71. The van der Waals surface area contributed by atoms with Crippen LogP contribution < -0.4 is 5.32 Å². The number of aromatic nitrogens is 2. The lowest BCUT2D eigenvalue weighted by Gasteiger charge is -2.13. The highest BCUT2D eigenvalue weighted by Gasteiger charge is 2.30. The highest BCUT2D eigenvalue weighted by Crippen LogP contribution is 2.31. The van der Waals surface area contributed by atoms with Crippen LogP contribution in [0.2, 0.25) is 0 Å². The molecule has 6 heteroatoms. The van der Waals surface area contributed by atoms with Gasteiger partial charge in [0.1, 0.15) is 6.54 Å². The fourth-order valence-corrected chi connectivity index (χ4v) is 3.31. The third-order valence-electron chi connectivity index (χ3n) is 4.66. The predicted octanol–water partition coefficient (Wildman–Crippen LogP) is 3.81. The molecule has 0 radical (unpaired) electrons. The van der Waals surface area contributed by atoms with Crippen LogP contribution in [0.3, 0.4) is 0 Å². The van der Waals surface area contributed by atoms with E-state index in [0.29, 0.717) is 5.69 Å². The number of hydrogen-bond acceptors (Lipinski definition) is 1. The molecule has 0 aliphatic heterocycles. The van der Waals surface area contributed by atoms with Gasteiger partial charge in [-0.1, -0.05) is 12.1 Å². The number of halogens is 3. The Labute approximate surface area is 156 Å². The Hall–Kier alpha value is -2.60. The van der Waals surface area contributed by atoms with Gasteiger partial charge in [0.25, 0.3) is 0 Å². The zero-order valence-corrected chi connectivity index (χ0v) is 15.4. The van der Waals surface area contributed by atoms with Crippen molar-refractivity contribution in [1.82, 2.24) is 9.55 Å². The smallest absolute Gasteiger partial charge is 0.342 e. The molecule has 3 rings (SSSR count). The topological polar surface area (TPSA) is 34.4 Å². The number of alkyl halides is 3. The minimum atomic E-state index is -4.34. The average molecular weight is 374 g/mol. The maximum atomic E-state index is 13.0. The van der Waals surface area contributed by atoms with E-state index in [0.717, 1.165) is 48.2 Å². The van der Waals surface area contributed by atoms with Gasteiger partial charge in [0.15, 0.2) is 0 Å². The maximum absolute atomic E-state index is 13.0. The van der Waals surface area contributed by atoms with Gasteiger partial charge in [-0.3, -0.25) is 4.98 Å². The molecule has 0 spiro atoms. The van der Waals surface area contributed by atoms with E-state index in [1.807, 2.05) is 42.7 Å². The largest absolute Gasteiger partial charge is 0.416 e. The summed E-state index contributed by atoms with van der Waals surface area (Å²) in [5, 5.41) is 2.20. The third-order valence-corrected chi connectivity index (χ3v) is 4.66. The second-order valence-electron chi connectivity index (χ2n) is 6.63. The van der Waals surface area contributed by atoms with E-state index in [1.165, 1.54) is 12.1 Å². The van der Waals surface area contributed by atoms with Crippen LogP contribution in [0.4, 0.5) is 13.2 Å². The van der Waals surface area contributed by atoms with Gasteiger partial charge in [-0.05, 0) is 50.2 Å². The van der Waals surface area contributed by atoms with Gasteiger partial charge in [-0.25, -0.2) is 0 Å². The van der Waals surface area contributed by atoms with E-state index in [2.05, 4.69) is 10.3 Å². The fraction of sp³-hybridized carbons (Fsp3) is 0.286. The summed E-state index contributed by atoms with van der Waals surface area (Å²) in [4.78, 5) is 4.31. The molecule has 0 aliphatic carbocycles. The fourth-order valence-electron chi connectivity index (χ4n) is 3.31. The zero-order chi connectivity index (χ0) is 19.4. The minimum Gasteiger partial charge on any atom is -0.342 e. The first-order valence-corrected chi connectivity index (χ1v) is 8.93. The summed E-state index contributed by atoms with van der Waals surface area (Å²) in [6.07, 6.45) is -1.67. The monoisotopic (exact) mass is 374 g/mol. The van der Waals surface area contributed by atoms with Crippen LogP contribution in [0.25, 0.3) is 5.69 Å². The number of quaternary nitrogens is 1. The van der Waals surface area contributed by atoms with Gasteiger partial charge in [-0.2, -0.15) is 13.2 Å². The van der Waals surface area contributed by atoms with Gasteiger partial charge in [0.2, 0.25) is 0 Å². The van der Waals surface area contributed by atoms with Crippen molar-refractivity contribution in [3.63, 3.8) is 0 Å². The Morgan fingerprint density at radius 3 is 2.56 bits per heavy atom. The molecule has 0 saturated heterocycles. The van der Waals surface area contributed by atoms with E-state index in [4.69, 9.17) is 0 Å². The van der Waals surface area contributed by atoms with Crippen molar-refractivity contribution in [2.45, 2.75) is 33.0 Å². The number of hydrogen-bond donors (Lipinski definition) is 1. The number of benzene rings is 1. The molecule has 2 N–H and O–H groups in total. The molecule has 0 aliphatic rings. The van der Waals surface area contributed by atoms with E-state index in [1.54, 1.807) is 12.3 Å². The second kappa shape index (κ2) is 7.96. The molecular formula is C21H23F3N3+. The molecule has 0 fully saturated rings. The van der Waals surface area contributed by atoms with Crippen molar-refractivity contribution < 1.29 is 18.5 Å². The first-order valence-electron chi connectivity index (χ1n) is 8.93. The van der Waals surface area contributed by atoms with Crippen LogP contribution >= 0.6 is 0 Å². The summed E-state index contributed by atoms with van der Waals surface area (Å²) in [6.45, 7) is 5.57. The van der Waals surface area contributed by atoms with E-state index < -0.39 is 11.7 Å². The molecule has 0 saturated carbocycles. The van der Waals surface area contributed by atoms with E-state index in [-0.39, 0.29) is 0 Å². The first-order chi connectivity index (χ1) is 12.9. The molecular weight excluding hydrogens is 351 g/mol. The van der Waals surface area contributed by atoms with E-state index in [9.17, 15) is 13.2 Å². The standard InChI is InChI=1S/C21H22F3N3/c1-15-12-17(14-25-11-9-19-7-3-4-10-26-19)16(2)27(15)20-8-5-6-18(13-20)21(22,23)24/h3-8,10,12-13,25H,9,11,14H2,1-2H3/p+1. The van der Waals surface area contributed by atoms with Crippen molar-refractivity contribution in [3.05, 3.63) is 82.9 Å². The third kappa shape index (κ3) is 4.57. The summed E-state index contributed by atoms with van der Waals surface area (Å²) in [6, 6.07) is 13.4. The molecule has 0 unspecified atom stereocenters. The highest BCUT2D eigenvalue weighted by molar-refractivity contribution is 5.43. The number of nitrogens with two attached hydrogens (primary N) is 1. The second-order valence-corrected chi connectivity index (χ2v) is 6.63. The van der Waals surface area contributed by atoms with Crippen LogP contribution in [-0.2, 0) is 19.1 Å². The zero-order valence-electron chi connectivity index (χ0n) is 15.4. The van der Waals surface area contributed by atoms with Crippen molar-refractivity contribution in [2.75, 3.05) is 6.54 Å². The molecule has 0 bridgehead atoms. The van der Waals surface area contributed by atoms with E-state index >= 15 is 0 Å². The van der Waals surface area contributed by atoms with Gasteiger partial charge >= 0.3 is 6.18 Å². The van der Waals surface area contributed by atoms with Gasteiger partial charge in [0, 0.05) is 41.0 Å². The SMILES string of the molecule is Cc1cc(C[NH2+]CCc2ccccn2)c(C)n1-c1cccc(C(F)(F)F)c1. The molecule has 3 nitrogen and oxygen atoms in total. The summed E-state index contributed by atoms with van der Waals surface area (Å²) in [5.41, 5.74) is 4.01. The molecule has 2 aromatic heterocycles. The predicted molar refractivity (Wildman–Crippen MR) is 98.7 cm³/mol. The Morgan fingerprint density at radius 1 is 1.04 bits per heavy atom. The van der Waals surface area contributed by atoms with Crippen LogP contribution in [-0.4, -0.2) is 16.1 Å². The summed E-state index contributed by atoms with van der Waals surface area (Å²) in [7, 11) is 0. The normalized spacial score (nSPS) is 11.7. The van der Waals surface area contributed by atoms with Gasteiger partial charge < -0.3 is 9.88 Å². The van der Waals surface area contributed by atoms with Crippen molar-refractivity contribution in [3.8, 4) is 5.69 Å². The molecule has 3 aromatic rings. The van der Waals surface area contributed by atoms with Crippen molar-refractivity contribution in [1.29, 1.82) is 0 Å². The van der Waals surface area contributed by atoms with Crippen molar-refractivity contribution >= 4 is 0 Å². The quantitative estimate of drug-likeness (QED) is 0.654. The molecule has 1 aromatic carbocycles. The average Bonchev–Trinajstić information content (AvgIpc) is 2.92. The molecule has 27 heavy (non-hydrogen) atoms. The van der Waals surface area contributed by atoms with Crippen LogP contribution in [0.15, 0.2) is 54.7 Å². The van der Waals surface area contributed by atoms with Crippen molar-refractivity contribution in [2.24, 2.45) is 0 Å². The van der Waals surface area contributed by atoms with Crippen LogP contribution in [0, 0.1) is 13.8 Å². The number of nitrogens with zero attached hydrogens (tertiary/aromatic N) is 2. The lowest BCUT2D eigenvalue weighted by molar-refractivity contribution is -0.670. The number of aryl methyl sites for hydroxylation is 1. The lowest BCUT2D eigenvalue weighted by Crippen LogP contribution is -2.83. The molecule has 0 atom stereocenters. The first kappa shape index (κ1) is 19.2. The van der Waals surface area contributed by atoms with Crippen LogP contribution in [0.5, 0.6) is 0 Å². The van der Waals surface area contributed by atoms with Crippen LogP contribution in [0.1, 0.15) is 28.2 Å². The summed E-state index contributed by atoms with van der Waals surface area (Å²) >= 11 is 0. The highest BCUT2D eigenvalue weighted by atomic mass is 19.4. The Bertz CT molecular complexity index is 899. The maximum Gasteiger partial charge on any atom is 0.416 e.